The van der Waals surface area contributed by atoms with Gasteiger partial charge in [0.15, 0.2) is 5.16 Å². The van der Waals surface area contributed by atoms with E-state index >= 15 is 0 Å². The fourth-order valence-corrected chi connectivity index (χ4v) is 2.86. The second-order valence-electron chi connectivity index (χ2n) is 4.91. The molecule has 0 aliphatic carbocycles. The predicted octanol–water partition coefficient (Wildman–Crippen LogP) is 1.71. The number of aromatic amines is 2. The number of aryl methyl sites for hydroxylation is 1. The van der Waals surface area contributed by atoms with Gasteiger partial charge in [0.25, 0.3) is 0 Å². The van der Waals surface area contributed by atoms with Crippen LogP contribution in [0.2, 0.25) is 0 Å². The Balaban J connectivity index is 1.71. The van der Waals surface area contributed by atoms with Crippen molar-refractivity contribution in [2.75, 3.05) is 5.32 Å². The molecule has 114 valence electrons. The first-order chi connectivity index (χ1) is 10.5. The molecule has 7 nitrogen and oxygen atoms in total. The second kappa shape index (κ2) is 5.72. The minimum atomic E-state index is -0.290. The van der Waals surface area contributed by atoms with Crippen LogP contribution in [0.4, 0.5) is 5.69 Å². The van der Waals surface area contributed by atoms with Crippen LogP contribution in [0.5, 0.6) is 0 Å². The number of thioether (sulfide) groups is 1. The highest BCUT2D eigenvalue weighted by Gasteiger charge is 2.17. The number of nitrogens with one attached hydrogen (secondary N) is 3. The van der Waals surface area contributed by atoms with Crippen LogP contribution in [-0.4, -0.2) is 30.7 Å². The van der Waals surface area contributed by atoms with Crippen LogP contribution in [-0.2, 0) is 11.8 Å². The lowest BCUT2D eigenvalue weighted by molar-refractivity contribution is -0.115. The molecular formula is C14H15N5O2S. The maximum atomic E-state index is 12.2. The van der Waals surface area contributed by atoms with Crippen LogP contribution < -0.4 is 11.0 Å². The van der Waals surface area contributed by atoms with Crippen LogP contribution in [0, 0.1) is 0 Å². The van der Waals surface area contributed by atoms with Crippen molar-refractivity contribution in [3.05, 3.63) is 41.1 Å². The van der Waals surface area contributed by atoms with E-state index in [-0.39, 0.29) is 16.8 Å². The molecule has 0 saturated carbocycles. The van der Waals surface area contributed by atoms with Gasteiger partial charge in [-0.2, -0.15) is 0 Å². The lowest BCUT2D eigenvalue weighted by atomic mass is 10.2. The van der Waals surface area contributed by atoms with Crippen molar-refractivity contribution in [1.82, 2.24) is 19.5 Å². The molecule has 2 heterocycles. The number of nitrogens with zero attached hydrogens (tertiary/aromatic N) is 2. The van der Waals surface area contributed by atoms with Crippen LogP contribution in [0.1, 0.15) is 6.92 Å². The smallest absolute Gasteiger partial charge is 0.323 e. The van der Waals surface area contributed by atoms with Crippen molar-refractivity contribution in [3.63, 3.8) is 0 Å². The molecule has 3 rings (SSSR count). The predicted molar refractivity (Wildman–Crippen MR) is 86.1 cm³/mol. The van der Waals surface area contributed by atoms with E-state index in [1.807, 2.05) is 24.7 Å². The number of benzene rings is 1. The number of carbonyl (C=O) groups excluding carboxylic acids is 1. The molecule has 0 radical (unpaired) electrons. The molecule has 8 heteroatoms. The van der Waals surface area contributed by atoms with E-state index in [1.165, 1.54) is 11.8 Å². The molecule has 22 heavy (non-hydrogen) atoms. The molecule has 1 aromatic carbocycles. The van der Waals surface area contributed by atoms with Crippen molar-refractivity contribution >= 4 is 34.4 Å². The van der Waals surface area contributed by atoms with Crippen LogP contribution in [0.3, 0.4) is 0 Å². The van der Waals surface area contributed by atoms with Gasteiger partial charge in [0.05, 0.1) is 16.3 Å². The molecule has 1 amide bonds. The van der Waals surface area contributed by atoms with Gasteiger partial charge in [0, 0.05) is 25.1 Å². The third-order valence-electron chi connectivity index (χ3n) is 3.21. The van der Waals surface area contributed by atoms with Crippen LogP contribution >= 0.6 is 11.8 Å². The molecule has 1 atom stereocenters. The number of rotatable bonds is 4. The lowest BCUT2D eigenvalue weighted by Gasteiger charge is -2.11. The summed E-state index contributed by atoms with van der Waals surface area (Å²) >= 11 is 1.39. The molecule has 0 aliphatic heterocycles. The van der Waals surface area contributed by atoms with Gasteiger partial charge in [0.2, 0.25) is 5.91 Å². The maximum Gasteiger partial charge on any atom is 0.323 e. The Kier molecular flexibility index (Phi) is 3.76. The minimum Gasteiger partial charge on any atom is -0.329 e. The van der Waals surface area contributed by atoms with Crippen molar-refractivity contribution in [2.45, 2.75) is 17.3 Å². The quantitative estimate of drug-likeness (QED) is 0.638. The summed E-state index contributed by atoms with van der Waals surface area (Å²) in [4.78, 5) is 33.0. The zero-order valence-electron chi connectivity index (χ0n) is 12.1. The monoisotopic (exact) mass is 317 g/mol. The molecule has 0 fully saturated rings. The SMILES string of the molecule is CC(Sc1nccn1C)C(=O)Nc1ccc2[nH]c(=O)[nH]c2c1. The molecular weight excluding hydrogens is 302 g/mol. The van der Waals surface area contributed by atoms with Gasteiger partial charge >= 0.3 is 5.69 Å². The Bertz CT molecular complexity index is 879. The van der Waals surface area contributed by atoms with Gasteiger partial charge < -0.3 is 19.9 Å². The zero-order chi connectivity index (χ0) is 15.7. The summed E-state index contributed by atoms with van der Waals surface area (Å²) in [6, 6.07) is 5.23. The number of fused-ring (bicyclic) bond motifs is 1. The molecule has 1 unspecified atom stereocenters. The molecule has 3 aromatic rings. The first-order valence-electron chi connectivity index (χ1n) is 6.70. The number of amides is 1. The van der Waals surface area contributed by atoms with Crippen molar-refractivity contribution in [3.8, 4) is 0 Å². The lowest BCUT2D eigenvalue weighted by Crippen LogP contribution is -2.22. The summed E-state index contributed by atoms with van der Waals surface area (Å²) < 4.78 is 1.87. The molecule has 0 spiro atoms. The van der Waals surface area contributed by atoms with Crippen molar-refractivity contribution < 1.29 is 4.79 Å². The number of aromatic nitrogens is 4. The van der Waals surface area contributed by atoms with E-state index < -0.39 is 0 Å². The summed E-state index contributed by atoms with van der Waals surface area (Å²) in [5, 5.41) is 3.34. The van der Waals surface area contributed by atoms with Crippen LogP contribution in [0.15, 0.2) is 40.5 Å². The summed E-state index contributed by atoms with van der Waals surface area (Å²) in [5.74, 6) is -0.120. The molecule has 0 aliphatic rings. The number of hydrogen-bond donors (Lipinski definition) is 3. The van der Waals surface area contributed by atoms with Crippen LogP contribution in [0.25, 0.3) is 11.0 Å². The normalized spacial score (nSPS) is 12.5. The third kappa shape index (κ3) is 2.91. The van der Waals surface area contributed by atoms with Crippen molar-refractivity contribution in [1.29, 1.82) is 0 Å². The number of hydrogen-bond acceptors (Lipinski definition) is 4. The summed E-state index contributed by atoms with van der Waals surface area (Å²) in [6.45, 7) is 1.82. The van der Waals surface area contributed by atoms with Gasteiger partial charge in [-0.15, -0.1) is 0 Å². The highest BCUT2D eigenvalue weighted by atomic mass is 32.2. The molecule has 2 aromatic heterocycles. The van der Waals surface area contributed by atoms with E-state index in [9.17, 15) is 9.59 Å². The van der Waals surface area contributed by atoms with Gasteiger partial charge in [-0.05, 0) is 25.1 Å². The molecule has 3 N–H and O–H groups in total. The van der Waals surface area contributed by atoms with Gasteiger partial charge in [-0.1, -0.05) is 11.8 Å². The zero-order valence-corrected chi connectivity index (χ0v) is 12.9. The number of imidazole rings is 2. The second-order valence-corrected chi connectivity index (χ2v) is 6.22. The fourth-order valence-electron chi connectivity index (χ4n) is 2.03. The van der Waals surface area contributed by atoms with Crippen molar-refractivity contribution in [2.24, 2.45) is 7.05 Å². The Morgan fingerprint density at radius 3 is 2.86 bits per heavy atom. The summed E-state index contributed by atoms with van der Waals surface area (Å²) in [7, 11) is 1.89. The standard InChI is InChI=1S/C14H15N5O2S/c1-8(22-14-15-5-6-19(14)2)12(20)16-9-3-4-10-11(7-9)18-13(21)17-10/h3-8H,1-2H3,(H,16,20)(H2,17,18,21). The van der Waals surface area contributed by atoms with E-state index in [2.05, 4.69) is 20.3 Å². The topological polar surface area (TPSA) is 95.6 Å². The highest BCUT2D eigenvalue weighted by molar-refractivity contribution is 8.00. The van der Waals surface area contributed by atoms with E-state index in [1.54, 1.807) is 24.4 Å². The largest absolute Gasteiger partial charge is 0.329 e. The maximum absolute atomic E-state index is 12.2. The Hall–Kier alpha value is -2.48. The van der Waals surface area contributed by atoms with E-state index in [4.69, 9.17) is 0 Å². The fraction of sp³-hybridized carbons (Fsp3) is 0.214. The first-order valence-corrected chi connectivity index (χ1v) is 7.58. The molecule has 0 saturated heterocycles. The average Bonchev–Trinajstić information content (AvgIpc) is 3.03. The van der Waals surface area contributed by atoms with E-state index in [0.717, 1.165) is 5.16 Å². The Morgan fingerprint density at radius 1 is 1.36 bits per heavy atom. The Morgan fingerprint density at radius 2 is 2.14 bits per heavy atom. The minimum absolute atomic E-state index is 0.120. The molecule has 0 bridgehead atoms. The summed E-state index contributed by atoms with van der Waals surface area (Å²) in [5.41, 5.74) is 1.74. The van der Waals surface area contributed by atoms with Gasteiger partial charge in [-0.25, -0.2) is 9.78 Å². The number of carbonyl (C=O) groups is 1. The Labute approximate surface area is 130 Å². The average molecular weight is 317 g/mol. The highest BCUT2D eigenvalue weighted by Crippen LogP contribution is 2.22. The van der Waals surface area contributed by atoms with E-state index in [0.29, 0.717) is 16.7 Å². The number of H-pyrrole nitrogens is 2. The van der Waals surface area contributed by atoms with Gasteiger partial charge in [-0.3, -0.25) is 4.79 Å². The first kappa shape index (κ1) is 14.5. The summed E-state index contributed by atoms with van der Waals surface area (Å²) in [6.07, 6.45) is 3.53. The number of anilines is 1. The van der Waals surface area contributed by atoms with Gasteiger partial charge in [0.1, 0.15) is 0 Å². The third-order valence-corrected chi connectivity index (χ3v) is 4.38.